The molecule has 72 valence electrons. The van der Waals surface area contributed by atoms with Crippen molar-refractivity contribution in [1.82, 2.24) is 10.7 Å². The summed E-state index contributed by atoms with van der Waals surface area (Å²) in [6.07, 6.45) is 0. The summed E-state index contributed by atoms with van der Waals surface area (Å²) in [4.78, 5) is 0. The Bertz CT molecular complexity index is 426. The molecule has 0 spiro atoms. The normalized spacial score (nSPS) is 14.6. The van der Waals surface area contributed by atoms with Gasteiger partial charge in [-0.15, -0.1) is 0 Å². The van der Waals surface area contributed by atoms with E-state index in [1.54, 1.807) is 6.07 Å². The molecule has 0 bridgehead atoms. The average molecular weight is 191 g/mol. The molecule has 5 heteroatoms. The van der Waals surface area contributed by atoms with Crippen LogP contribution in [-0.2, 0) is 0 Å². The molecular formula is C9H9N3O2. The first-order valence-electron chi connectivity index (χ1n) is 3.99. The molecule has 0 amide bonds. The van der Waals surface area contributed by atoms with Crippen LogP contribution in [0.1, 0.15) is 5.56 Å². The van der Waals surface area contributed by atoms with Crippen LogP contribution >= 0.6 is 0 Å². The standard InChI is InChI=1S/C9H9N3O2/c1-5-10-9(12-11-5)7-3-2-6(13)4-8(7)14/h2-4,11,13-14H,1H2,(H,10,12). The molecular weight excluding hydrogens is 182 g/mol. The molecule has 1 aromatic rings. The van der Waals surface area contributed by atoms with Gasteiger partial charge in [0.05, 0.1) is 5.56 Å². The number of hydrogen-bond acceptors (Lipinski definition) is 5. The second-order valence-electron chi connectivity index (χ2n) is 2.88. The number of phenols is 2. The highest BCUT2D eigenvalue weighted by Gasteiger charge is 2.14. The quantitative estimate of drug-likeness (QED) is 0.519. The Morgan fingerprint density at radius 3 is 2.64 bits per heavy atom. The van der Waals surface area contributed by atoms with E-state index in [4.69, 9.17) is 5.11 Å². The van der Waals surface area contributed by atoms with Gasteiger partial charge in [-0.1, -0.05) is 6.58 Å². The Morgan fingerprint density at radius 1 is 1.29 bits per heavy atom. The smallest absolute Gasteiger partial charge is 0.162 e. The van der Waals surface area contributed by atoms with Crippen molar-refractivity contribution in [1.29, 1.82) is 0 Å². The summed E-state index contributed by atoms with van der Waals surface area (Å²) in [6, 6.07) is 4.29. The van der Waals surface area contributed by atoms with Gasteiger partial charge >= 0.3 is 0 Å². The van der Waals surface area contributed by atoms with Gasteiger partial charge in [-0.05, 0) is 12.1 Å². The lowest BCUT2D eigenvalue weighted by Gasteiger charge is -2.04. The van der Waals surface area contributed by atoms with Crippen molar-refractivity contribution < 1.29 is 10.2 Å². The molecule has 0 atom stereocenters. The van der Waals surface area contributed by atoms with Gasteiger partial charge in [-0.25, -0.2) is 0 Å². The third-order valence-electron chi connectivity index (χ3n) is 1.81. The van der Waals surface area contributed by atoms with Gasteiger partial charge in [0.25, 0.3) is 0 Å². The number of nitrogens with zero attached hydrogens (tertiary/aromatic N) is 1. The summed E-state index contributed by atoms with van der Waals surface area (Å²) < 4.78 is 0. The molecule has 1 aliphatic heterocycles. The van der Waals surface area contributed by atoms with Gasteiger partial charge in [0.2, 0.25) is 0 Å². The van der Waals surface area contributed by atoms with Crippen molar-refractivity contribution >= 4 is 5.84 Å². The van der Waals surface area contributed by atoms with Crippen molar-refractivity contribution in [3.8, 4) is 11.5 Å². The summed E-state index contributed by atoms with van der Waals surface area (Å²) in [6.45, 7) is 3.61. The molecule has 2 rings (SSSR count). The molecule has 0 fully saturated rings. The molecule has 0 aromatic heterocycles. The Hall–Kier alpha value is -2.17. The molecule has 4 N–H and O–H groups in total. The van der Waals surface area contributed by atoms with E-state index < -0.39 is 0 Å². The van der Waals surface area contributed by atoms with Crippen LogP contribution < -0.4 is 10.7 Å². The van der Waals surface area contributed by atoms with Crippen molar-refractivity contribution in [2.75, 3.05) is 0 Å². The largest absolute Gasteiger partial charge is 0.508 e. The van der Waals surface area contributed by atoms with Crippen LogP contribution in [-0.4, -0.2) is 16.0 Å². The lowest BCUT2D eigenvalue weighted by atomic mass is 10.2. The van der Waals surface area contributed by atoms with Gasteiger partial charge in [-0.3, -0.25) is 5.43 Å². The summed E-state index contributed by atoms with van der Waals surface area (Å²) in [5, 5.41) is 25.3. The van der Waals surface area contributed by atoms with Crippen LogP contribution in [0.5, 0.6) is 11.5 Å². The zero-order valence-corrected chi connectivity index (χ0v) is 7.28. The molecule has 1 aromatic carbocycles. The number of hydrazone groups is 1. The monoisotopic (exact) mass is 191 g/mol. The first-order chi connectivity index (χ1) is 6.66. The van der Waals surface area contributed by atoms with Gasteiger partial charge in [0.1, 0.15) is 17.3 Å². The van der Waals surface area contributed by atoms with Crippen LogP contribution in [0.2, 0.25) is 0 Å². The van der Waals surface area contributed by atoms with E-state index in [2.05, 4.69) is 22.4 Å². The number of phenolic OH excluding ortho intramolecular Hbond substituents is 2. The maximum Gasteiger partial charge on any atom is 0.162 e. The van der Waals surface area contributed by atoms with E-state index >= 15 is 0 Å². The Kier molecular flexibility index (Phi) is 1.78. The lowest BCUT2D eigenvalue weighted by Crippen LogP contribution is -2.18. The highest BCUT2D eigenvalue weighted by molar-refractivity contribution is 6.03. The zero-order valence-electron chi connectivity index (χ0n) is 7.28. The zero-order chi connectivity index (χ0) is 10.1. The van der Waals surface area contributed by atoms with Gasteiger partial charge < -0.3 is 15.5 Å². The van der Waals surface area contributed by atoms with Crippen molar-refractivity contribution in [3.63, 3.8) is 0 Å². The summed E-state index contributed by atoms with van der Waals surface area (Å²) in [5.41, 5.74) is 3.13. The number of hydrogen-bond donors (Lipinski definition) is 4. The molecule has 14 heavy (non-hydrogen) atoms. The van der Waals surface area contributed by atoms with Gasteiger partial charge in [-0.2, -0.15) is 5.10 Å². The average Bonchev–Trinajstić information content (AvgIpc) is 2.51. The summed E-state index contributed by atoms with van der Waals surface area (Å²) in [5.74, 6) is 1.00. The van der Waals surface area contributed by atoms with Crippen LogP contribution in [0.4, 0.5) is 0 Å². The SMILES string of the molecule is C=C1NN=C(c2ccc(O)cc2O)N1. The fourth-order valence-electron chi connectivity index (χ4n) is 1.17. The summed E-state index contributed by atoms with van der Waals surface area (Å²) >= 11 is 0. The van der Waals surface area contributed by atoms with E-state index in [0.29, 0.717) is 17.2 Å². The van der Waals surface area contributed by atoms with Crippen LogP contribution in [0, 0.1) is 0 Å². The third kappa shape index (κ3) is 1.35. The highest BCUT2D eigenvalue weighted by atomic mass is 16.3. The van der Waals surface area contributed by atoms with Gasteiger partial charge in [0, 0.05) is 6.07 Å². The predicted molar refractivity (Wildman–Crippen MR) is 51.7 cm³/mol. The fourth-order valence-corrected chi connectivity index (χ4v) is 1.17. The molecule has 0 saturated carbocycles. The van der Waals surface area contributed by atoms with Crippen LogP contribution in [0.25, 0.3) is 0 Å². The van der Waals surface area contributed by atoms with Crippen LogP contribution in [0.15, 0.2) is 35.7 Å². The minimum Gasteiger partial charge on any atom is -0.508 e. The number of aromatic hydroxyl groups is 2. The predicted octanol–water partition coefficient (Wildman–Crippen LogP) is 0.423. The Balaban J connectivity index is 2.38. The molecule has 0 saturated heterocycles. The third-order valence-corrected chi connectivity index (χ3v) is 1.81. The lowest BCUT2D eigenvalue weighted by molar-refractivity contribution is 0.450. The van der Waals surface area contributed by atoms with Crippen molar-refractivity contribution in [3.05, 3.63) is 36.2 Å². The van der Waals surface area contributed by atoms with E-state index in [0.717, 1.165) is 0 Å². The minimum absolute atomic E-state index is 0.0108. The van der Waals surface area contributed by atoms with Crippen LogP contribution in [0.3, 0.4) is 0 Å². The minimum atomic E-state index is -0.0345. The summed E-state index contributed by atoms with van der Waals surface area (Å²) in [7, 11) is 0. The topological polar surface area (TPSA) is 76.9 Å². The number of amidine groups is 1. The second-order valence-corrected chi connectivity index (χ2v) is 2.88. The first kappa shape index (κ1) is 8.43. The van der Waals surface area contributed by atoms with Crippen molar-refractivity contribution in [2.24, 2.45) is 5.10 Å². The first-order valence-corrected chi connectivity index (χ1v) is 3.99. The molecule has 0 radical (unpaired) electrons. The van der Waals surface area contributed by atoms with E-state index in [1.165, 1.54) is 12.1 Å². The van der Waals surface area contributed by atoms with Gasteiger partial charge in [0.15, 0.2) is 5.84 Å². The molecule has 1 heterocycles. The maximum absolute atomic E-state index is 9.50. The molecule has 1 aliphatic rings. The molecule has 5 nitrogen and oxygen atoms in total. The molecule has 0 unspecified atom stereocenters. The Labute approximate surface area is 80.4 Å². The number of benzene rings is 1. The number of nitrogens with one attached hydrogen (secondary N) is 2. The van der Waals surface area contributed by atoms with Crippen molar-refractivity contribution in [2.45, 2.75) is 0 Å². The second kappa shape index (κ2) is 2.95. The van der Waals surface area contributed by atoms with E-state index in [-0.39, 0.29) is 11.5 Å². The Morgan fingerprint density at radius 2 is 2.07 bits per heavy atom. The number of rotatable bonds is 1. The van der Waals surface area contributed by atoms with E-state index in [9.17, 15) is 5.11 Å². The fraction of sp³-hybridized carbons (Fsp3) is 0. The highest BCUT2D eigenvalue weighted by Crippen LogP contribution is 2.23. The van der Waals surface area contributed by atoms with E-state index in [1.807, 2.05) is 0 Å². The maximum atomic E-state index is 9.50. The molecule has 0 aliphatic carbocycles.